The van der Waals surface area contributed by atoms with Crippen LogP contribution < -0.4 is 0 Å². The number of nitrogens with zero attached hydrogens (tertiary/aromatic N) is 1. The number of hydrogen-bond donors (Lipinski definition) is 0. The Morgan fingerprint density at radius 3 is 2.54 bits per heavy atom. The number of carbonyl (C=O) groups is 1. The molecule has 1 aliphatic heterocycles. The molecule has 5 rings (SSSR count). The maximum absolute atomic E-state index is 13.3. The molecule has 0 aliphatic carbocycles. The molecule has 1 fully saturated rings. The highest BCUT2D eigenvalue weighted by Crippen LogP contribution is 2.31. The molecule has 0 unspecified atom stereocenters. The summed E-state index contributed by atoms with van der Waals surface area (Å²) >= 11 is 1.77. The number of hydrogen-bond acceptors (Lipinski definition) is 5. The number of aryl methyl sites for hydroxylation is 1. The molecule has 180 valence electrons. The van der Waals surface area contributed by atoms with Gasteiger partial charge in [0.15, 0.2) is 5.78 Å². The fraction of sp³-hybridized carbons (Fsp3) is 0.250. The zero-order chi connectivity index (χ0) is 24.3. The average Bonchev–Trinajstić information content (AvgIpc) is 3.55. The molecule has 0 radical (unpaired) electrons. The van der Waals surface area contributed by atoms with Crippen LogP contribution >= 0.6 is 11.8 Å². The molecule has 7 heteroatoms. The lowest BCUT2D eigenvalue weighted by Crippen LogP contribution is -2.40. The maximum Gasteiger partial charge on any atom is 0.277 e. The highest BCUT2D eigenvalue weighted by molar-refractivity contribution is 7.98. The van der Waals surface area contributed by atoms with E-state index in [1.807, 2.05) is 42.5 Å². The molecule has 1 aliphatic rings. The van der Waals surface area contributed by atoms with Gasteiger partial charge in [0, 0.05) is 35.1 Å². The van der Waals surface area contributed by atoms with Gasteiger partial charge in [-0.2, -0.15) is 4.31 Å². The summed E-state index contributed by atoms with van der Waals surface area (Å²) in [5, 5.41) is 0.639. The second-order valence-corrected chi connectivity index (χ2v) is 11.6. The molecule has 5 nitrogen and oxygen atoms in total. The van der Waals surface area contributed by atoms with Crippen LogP contribution in [-0.2, 0) is 27.0 Å². The summed E-state index contributed by atoms with van der Waals surface area (Å²) in [6.45, 7) is 0.335. The number of thioether (sulfide) groups is 1. The van der Waals surface area contributed by atoms with Gasteiger partial charge in [0.25, 0.3) is 10.0 Å². The maximum atomic E-state index is 13.3. The van der Waals surface area contributed by atoms with Crippen LogP contribution in [0.2, 0.25) is 0 Å². The van der Waals surface area contributed by atoms with Crippen molar-refractivity contribution in [1.82, 2.24) is 4.31 Å². The molecule has 0 spiro atoms. The summed E-state index contributed by atoms with van der Waals surface area (Å²) in [5.74, 6) is 0.851. The van der Waals surface area contributed by atoms with E-state index in [1.165, 1.54) is 9.87 Å². The van der Waals surface area contributed by atoms with Crippen molar-refractivity contribution in [3.63, 3.8) is 0 Å². The third-order valence-electron chi connectivity index (χ3n) is 6.35. The molecule has 1 aromatic heterocycles. The van der Waals surface area contributed by atoms with E-state index < -0.39 is 16.1 Å². The number of benzene rings is 3. The first kappa shape index (κ1) is 23.9. The largest absolute Gasteiger partial charge is 0.443 e. The minimum atomic E-state index is -3.88. The van der Waals surface area contributed by atoms with Gasteiger partial charge in [-0.3, -0.25) is 4.79 Å². The minimum absolute atomic E-state index is 0.0375. The fourth-order valence-corrected chi connectivity index (χ4v) is 7.08. The lowest BCUT2D eigenvalue weighted by atomic mass is 10.0. The first-order chi connectivity index (χ1) is 17.0. The van der Waals surface area contributed by atoms with Crippen molar-refractivity contribution in [3.8, 4) is 0 Å². The summed E-state index contributed by atoms with van der Waals surface area (Å²) in [6, 6.07) is 26.7. The Hall–Kier alpha value is -2.87. The Balaban J connectivity index is 1.23. The molecular weight excluding hydrogens is 478 g/mol. The number of sulfonamides is 1. The van der Waals surface area contributed by atoms with Gasteiger partial charge < -0.3 is 4.42 Å². The van der Waals surface area contributed by atoms with Crippen molar-refractivity contribution < 1.29 is 17.6 Å². The van der Waals surface area contributed by atoms with E-state index in [0.717, 1.165) is 21.6 Å². The lowest BCUT2D eigenvalue weighted by molar-refractivity contribution is -0.122. The molecule has 2 heterocycles. The standard InChI is InChI=1S/C28H27NO4S2/c30-26(16-15-21-10-6-12-24(18-21)34-20-22-8-2-1-3-9-22)25-13-7-17-29(25)35(31,32)28-19-23-11-4-5-14-27(23)33-28/h1-6,8-12,14,18-19,25H,7,13,15-17,20H2/t25-/m0/s1. The van der Waals surface area contributed by atoms with Gasteiger partial charge in [0.2, 0.25) is 5.09 Å². The Labute approximate surface area is 210 Å². The third-order valence-corrected chi connectivity index (χ3v) is 9.18. The van der Waals surface area contributed by atoms with Crippen LogP contribution in [0.3, 0.4) is 0 Å². The van der Waals surface area contributed by atoms with E-state index in [9.17, 15) is 13.2 Å². The molecule has 0 bridgehead atoms. The van der Waals surface area contributed by atoms with Crippen molar-refractivity contribution in [2.75, 3.05) is 6.54 Å². The Morgan fingerprint density at radius 2 is 1.71 bits per heavy atom. The molecule has 1 saturated heterocycles. The quantitative estimate of drug-likeness (QED) is 0.258. The third kappa shape index (κ3) is 5.37. The molecule has 0 saturated carbocycles. The summed E-state index contributed by atoms with van der Waals surface area (Å²) < 4.78 is 33.6. The Morgan fingerprint density at radius 1 is 0.943 bits per heavy atom. The molecular formula is C28H27NO4S2. The van der Waals surface area contributed by atoms with Crippen molar-refractivity contribution >= 4 is 38.5 Å². The van der Waals surface area contributed by atoms with Crippen LogP contribution in [0.1, 0.15) is 30.4 Å². The highest BCUT2D eigenvalue weighted by atomic mass is 32.2. The van der Waals surface area contributed by atoms with Gasteiger partial charge in [-0.25, -0.2) is 8.42 Å². The molecule has 0 amide bonds. The van der Waals surface area contributed by atoms with E-state index in [4.69, 9.17) is 4.42 Å². The van der Waals surface area contributed by atoms with Crippen molar-refractivity contribution in [1.29, 1.82) is 0 Å². The molecule has 3 aromatic carbocycles. The second kappa shape index (κ2) is 10.4. The number of fused-ring (bicyclic) bond motifs is 1. The van der Waals surface area contributed by atoms with Gasteiger partial charge in [-0.15, -0.1) is 11.8 Å². The number of carbonyl (C=O) groups excluding carboxylic acids is 1. The summed E-state index contributed by atoms with van der Waals surface area (Å²) in [7, 11) is -3.88. The van der Waals surface area contributed by atoms with Gasteiger partial charge in [0.1, 0.15) is 5.58 Å². The first-order valence-corrected chi connectivity index (χ1v) is 14.2. The average molecular weight is 506 g/mol. The Bertz CT molecular complexity index is 1400. The zero-order valence-corrected chi connectivity index (χ0v) is 20.9. The van der Waals surface area contributed by atoms with Crippen molar-refractivity contribution in [2.24, 2.45) is 0 Å². The van der Waals surface area contributed by atoms with Crippen molar-refractivity contribution in [3.05, 3.63) is 96.1 Å². The highest BCUT2D eigenvalue weighted by Gasteiger charge is 2.40. The molecule has 4 aromatic rings. The summed E-state index contributed by atoms with van der Waals surface area (Å²) in [4.78, 5) is 14.3. The Kier molecular flexibility index (Phi) is 7.09. The first-order valence-electron chi connectivity index (χ1n) is 11.8. The van der Waals surface area contributed by atoms with E-state index in [1.54, 1.807) is 30.0 Å². The summed E-state index contributed by atoms with van der Waals surface area (Å²) in [6.07, 6.45) is 2.12. The molecule has 0 N–H and O–H groups in total. The predicted molar refractivity (Wildman–Crippen MR) is 139 cm³/mol. The minimum Gasteiger partial charge on any atom is -0.443 e. The lowest BCUT2D eigenvalue weighted by Gasteiger charge is -2.21. The second-order valence-electron chi connectivity index (χ2n) is 8.77. The number of rotatable bonds is 9. The number of furan rings is 1. The monoisotopic (exact) mass is 505 g/mol. The van der Waals surface area contributed by atoms with Crippen LogP contribution in [0.5, 0.6) is 0 Å². The fourth-order valence-electron chi connectivity index (χ4n) is 4.52. The number of ketones is 1. The van der Waals surface area contributed by atoms with Crippen LogP contribution in [-0.4, -0.2) is 31.1 Å². The van der Waals surface area contributed by atoms with Gasteiger partial charge >= 0.3 is 0 Å². The SMILES string of the molecule is O=C(CCc1cccc(SCc2ccccc2)c1)[C@@H]1CCCN1S(=O)(=O)c1cc2ccccc2o1. The smallest absolute Gasteiger partial charge is 0.277 e. The van der Waals surface area contributed by atoms with E-state index in [0.29, 0.717) is 37.8 Å². The van der Waals surface area contributed by atoms with E-state index in [-0.39, 0.29) is 10.9 Å². The van der Waals surface area contributed by atoms with Crippen molar-refractivity contribution in [2.45, 2.75) is 47.5 Å². The summed E-state index contributed by atoms with van der Waals surface area (Å²) in [5.41, 5.74) is 2.88. The van der Waals surface area contributed by atoms with Gasteiger partial charge in [-0.05, 0) is 48.6 Å². The van der Waals surface area contributed by atoms with Gasteiger partial charge in [-0.1, -0.05) is 60.7 Å². The predicted octanol–water partition coefficient (Wildman–Crippen LogP) is 6.08. The van der Waals surface area contributed by atoms with Crippen LogP contribution in [0, 0.1) is 0 Å². The molecule has 35 heavy (non-hydrogen) atoms. The topological polar surface area (TPSA) is 67.6 Å². The normalized spacial score (nSPS) is 16.6. The zero-order valence-electron chi connectivity index (χ0n) is 19.3. The van der Waals surface area contributed by atoms with E-state index in [2.05, 4.69) is 24.3 Å². The van der Waals surface area contributed by atoms with Crippen LogP contribution in [0.4, 0.5) is 0 Å². The van der Waals surface area contributed by atoms with Crippen LogP contribution in [0.25, 0.3) is 11.0 Å². The molecule has 1 atom stereocenters. The van der Waals surface area contributed by atoms with E-state index >= 15 is 0 Å². The number of Topliss-reactive ketones (excluding diaryl/α,β-unsaturated/α-hetero) is 1. The van der Waals surface area contributed by atoms with Gasteiger partial charge in [0.05, 0.1) is 6.04 Å². The number of para-hydroxylation sites is 1. The van der Waals surface area contributed by atoms with Crippen LogP contribution in [0.15, 0.2) is 99.3 Å².